The van der Waals surface area contributed by atoms with Crippen LogP contribution in [0.1, 0.15) is 27.2 Å². The second-order valence-corrected chi connectivity index (χ2v) is 6.13. The molecule has 0 fully saturated rings. The predicted molar refractivity (Wildman–Crippen MR) is 91.3 cm³/mol. The summed E-state index contributed by atoms with van der Waals surface area (Å²) in [5.74, 6) is -0.769. The maximum Gasteiger partial charge on any atom is 0.268 e. The first-order chi connectivity index (χ1) is 12.1. The van der Waals surface area contributed by atoms with Crippen molar-refractivity contribution in [2.24, 2.45) is 5.73 Å². The Hall–Kier alpha value is -2.62. The van der Waals surface area contributed by atoms with Gasteiger partial charge in [-0.3, -0.25) is 9.78 Å². The van der Waals surface area contributed by atoms with Crippen LogP contribution < -0.4 is 11.1 Å². The molecule has 1 amide bonds. The lowest BCUT2D eigenvalue weighted by atomic mass is 10.3. The lowest BCUT2D eigenvalue weighted by Gasteiger charge is -2.13. The van der Waals surface area contributed by atoms with Gasteiger partial charge in [0, 0.05) is 11.9 Å². The van der Waals surface area contributed by atoms with Gasteiger partial charge in [0.1, 0.15) is 16.5 Å². The molecule has 0 aliphatic rings. The molecule has 3 aromatic rings. The summed E-state index contributed by atoms with van der Waals surface area (Å²) in [6, 6.07) is 5.68. The summed E-state index contributed by atoms with van der Waals surface area (Å²) in [6.07, 6.45) is 1.11. The maximum atomic E-state index is 12.9. The van der Waals surface area contributed by atoms with Crippen LogP contribution in [-0.4, -0.2) is 32.5 Å². The van der Waals surface area contributed by atoms with Gasteiger partial charge in [-0.25, -0.2) is 9.37 Å². The van der Waals surface area contributed by atoms with E-state index >= 15 is 0 Å². The lowest BCUT2D eigenvalue weighted by Crippen LogP contribution is -2.33. The molecule has 3 aromatic heterocycles. The van der Waals surface area contributed by atoms with E-state index in [1.54, 1.807) is 17.5 Å². The van der Waals surface area contributed by atoms with E-state index in [-0.39, 0.29) is 19.1 Å². The van der Waals surface area contributed by atoms with Gasteiger partial charge in [0.15, 0.2) is 0 Å². The minimum Gasteiger partial charge on any atom is -0.390 e. The molecule has 0 spiro atoms. The van der Waals surface area contributed by atoms with Crippen molar-refractivity contribution in [2.45, 2.75) is 12.6 Å². The number of halogens is 1. The summed E-state index contributed by atoms with van der Waals surface area (Å²) in [4.78, 5) is 23.6. The van der Waals surface area contributed by atoms with E-state index in [0.29, 0.717) is 27.8 Å². The fourth-order valence-corrected chi connectivity index (χ4v) is 3.10. The Morgan fingerprint density at radius 3 is 2.88 bits per heavy atom. The average Bonchev–Trinajstić information content (AvgIpc) is 3.29. The van der Waals surface area contributed by atoms with E-state index < -0.39 is 11.9 Å². The molecule has 0 saturated heterocycles. The molecule has 25 heavy (non-hydrogen) atoms. The van der Waals surface area contributed by atoms with E-state index in [4.69, 9.17) is 10.8 Å². The number of H-pyrrole nitrogens is 1. The number of aromatic nitrogens is 3. The smallest absolute Gasteiger partial charge is 0.268 e. The Balaban J connectivity index is 1.73. The van der Waals surface area contributed by atoms with Gasteiger partial charge in [0.25, 0.3) is 5.91 Å². The SMILES string of the molecule is NCC(NC(=O)c1ccc(-c2ccc(F)cn2)[nH]1)c1nc(CO)cs1. The Morgan fingerprint density at radius 2 is 2.24 bits per heavy atom. The number of carbonyl (C=O) groups excluding carboxylic acids is 1. The Kier molecular flexibility index (Phi) is 5.17. The molecule has 130 valence electrons. The average molecular weight is 361 g/mol. The molecule has 0 aliphatic heterocycles. The number of hydrogen-bond donors (Lipinski definition) is 4. The quantitative estimate of drug-likeness (QED) is 0.532. The number of hydrogen-bond acceptors (Lipinski definition) is 6. The number of pyridine rings is 1. The van der Waals surface area contributed by atoms with E-state index in [1.165, 1.54) is 23.5 Å². The third kappa shape index (κ3) is 3.90. The topological polar surface area (TPSA) is 117 Å². The van der Waals surface area contributed by atoms with Gasteiger partial charge < -0.3 is 21.1 Å². The second-order valence-electron chi connectivity index (χ2n) is 5.24. The molecular weight excluding hydrogens is 345 g/mol. The minimum absolute atomic E-state index is 0.160. The number of thiazole rings is 1. The van der Waals surface area contributed by atoms with Crippen LogP contribution in [-0.2, 0) is 6.61 Å². The number of aliphatic hydroxyl groups is 1. The number of rotatable bonds is 6. The molecule has 3 heterocycles. The van der Waals surface area contributed by atoms with Gasteiger partial charge in [-0.1, -0.05) is 0 Å². The molecule has 3 rings (SSSR count). The fourth-order valence-electron chi connectivity index (χ4n) is 2.22. The van der Waals surface area contributed by atoms with Gasteiger partial charge in [-0.05, 0) is 24.3 Å². The normalized spacial score (nSPS) is 12.1. The van der Waals surface area contributed by atoms with Crippen LogP contribution in [0.5, 0.6) is 0 Å². The molecule has 9 heteroatoms. The highest BCUT2D eigenvalue weighted by Crippen LogP contribution is 2.20. The van der Waals surface area contributed by atoms with Gasteiger partial charge in [-0.15, -0.1) is 11.3 Å². The van der Waals surface area contributed by atoms with E-state index in [0.717, 1.165) is 6.20 Å². The highest BCUT2D eigenvalue weighted by atomic mass is 32.1. The summed E-state index contributed by atoms with van der Waals surface area (Å²) in [5, 5.41) is 14.2. The third-order valence-corrected chi connectivity index (χ3v) is 4.51. The van der Waals surface area contributed by atoms with Crippen LogP contribution >= 0.6 is 11.3 Å². The first-order valence-corrected chi connectivity index (χ1v) is 8.35. The first-order valence-electron chi connectivity index (χ1n) is 7.47. The van der Waals surface area contributed by atoms with Crippen LogP contribution in [0.3, 0.4) is 0 Å². The van der Waals surface area contributed by atoms with Gasteiger partial charge in [-0.2, -0.15) is 0 Å². The summed E-state index contributed by atoms with van der Waals surface area (Å²) < 4.78 is 12.9. The van der Waals surface area contributed by atoms with Crippen molar-refractivity contribution in [2.75, 3.05) is 6.54 Å². The van der Waals surface area contributed by atoms with Crippen LogP contribution in [0, 0.1) is 5.82 Å². The van der Waals surface area contributed by atoms with Crippen LogP contribution in [0.2, 0.25) is 0 Å². The van der Waals surface area contributed by atoms with Crippen molar-refractivity contribution in [3.63, 3.8) is 0 Å². The molecule has 0 radical (unpaired) electrons. The molecule has 7 nitrogen and oxygen atoms in total. The molecule has 5 N–H and O–H groups in total. The van der Waals surface area contributed by atoms with Gasteiger partial charge >= 0.3 is 0 Å². The summed E-state index contributed by atoms with van der Waals surface area (Å²) in [6.45, 7) is 0.0175. The predicted octanol–water partition coefficient (Wildman–Crippen LogP) is 1.59. The number of nitrogens with zero attached hydrogens (tertiary/aromatic N) is 2. The van der Waals surface area contributed by atoms with Crippen molar-refractivity contribution in [3.05, 3.63) is 58.1 Å². The Morgan fingerprint density at radius 1 is 1.40 bits per heavy atom. The van der Waals surface area contributed by atoms with Gasteiger partial charge in [0.05, 0.1) is 35.9 Å². The number of amides is 1. The van der Waals surface area contributed by atoms with Crippen molar-refractivity contribution >= 4 is 17.2 Å². The van der Waals surface area contributed by atoms with Crippen LogP contribution in [0.15, 0.2) is 35.8 Å². The number of nitrogens with one attached hydrogen (secondary N) is 2. The van der Waals surface area contributed by atoms with E-state index in [1.807, 2.05) is 0 Å². The van der Waals surface area contributed by atoms with Crippen LogP contribution in [0.4, 0.5) is 4.39 Å². The summed E-state index contributed by atoms with van der Waals surface area (Å²) in [5.41, 5.74) is 7.73. The molecule has 0 bridgehead atoms. The van der Waals surface area contributed by atoms with Gasteiger partial charge in [0.2, 0.25) is 0 Å². The third-order valence-electron chi connectivity index (χ3n) is 3.50. The number of aromatic amines is 1. The zero-order valence-corrected chi connectivity index (χ0v) is 13.9. The molecule has 0 saturated carbocycles. The maximum absolute atomic E-state index is 12.9. The van der Waals surface area contributed by atoms with Crippen molar-refractivity contribution in [3.8, 4) is 11.4 Å². The Bertz CT molecular complexity index is 862. The monoisotopic (exact) mass is 361 g/mol. The summed E-state index contributed by atoms with van der Waals surface area (Å²) in [7, 11) is 0. The molecule has 1 unspecified atom stereocenters. The minimum atomic E-state index is -0.450. The molecule has 0 aliphatic carbocycles. The largest absolute Gasteiger partial charge is 0.390 e. The molecular formula is C16H16FN5O2S. The number of nitrogens with two attached hydrogens (primary N) is 1. The van der Waals surface area contributed by atoms with Crippen molar-refractivity contribution < 1.29 is 14.3 Å². The van der Waals surface area contributed by atoms with Crippen LogP contribution in [0.25, 0.3) is 11.4 Å². The number of carbonyl (C=O) groups is 1. The lowest BCUT2D eigenvalue weighted by molar-refractivity contribution is 0.0933. The van der Waals surface area contributed by atoms with E-state index in [9.17, 15) is 9.18 Å². The highest BCUT2D eigenvalue weighted by molar-refractivity contribution is 7.09. The summed E-state index contributed by atoms with van der Waals surface area (Å²) >= 11 is 1.33. The fraction of sp³-hybridized carbons (Fsp3) is 0.188. The van der Waals surface area contributed by atoms with E-state index in [2.05, 4.69) is 20.3 Å². The first kappa shape index (κ1) is 17.2. The number of aliphatic hydroxyl groups excluding tert-OH is 1. The zero-order chi connectivity index (χ0) is 17.8. The molecule has 1 atom stereocenters. The van der Waals surface area contributed by atoms with Crippen molar-refractivity contribution in [1.82, 2.24) is 20.3 Å². The highest BCUT2D eigenvalue weighted by Gasteiger charge is 2.19. The second kappa shape index (κ2) is 7.51. The zero-order valence-electron chi connectivity index (χ0n) is 13.1. The Labute approximate surface area is 146 Å². The van der Waals surface area contributed by atoms with Crippen molar-refractivity contribution in [1.29, 1.82) is 0 Å². The standard InChI is InChI=1S/C16H16FN5O2S/c17-9-1-2-11(19-6-9)12-3-4-13(21-12)15(24)22-14(5-18)16-20-10(7-23)8-25-16/h1-4,6,8,14,21,23H,5,7,18H2,(H,22,24). The molecule has 0 aromatic carbocycles.